The molecular weight excluding hydrogens is 290 g/mol. The van der Waals surface area contributed by atoms with E-state index >= 15 is 0 Å². The van der Waals surface area contributed by atoms with E-state index in [0.29, 0.717) is 17.7 Å². The van der Waals surface area contributed by atoms with Crippen molar-refractivity contribution in [3.8, 4) is 0 Å². The molecular formula is C12H17N7OS. The molecule has 9 heteroatoms. The van der Waals surface area contributed by atoms with Crippen LogP contribution in [-0.4, -0.2) is 54.9 Å². The van der Waals surface area contributed by atoms with Crippen molar-refractivity contribution in [2.24, 2.45) is 0 Å². The Morgan fingerprint density at radius 1 is 1.48 bits per heavy atom. The van der Waals surface area contributed by atoms with Crippen LogP contribution in [0.2, 0.25) is 0 Å². The molecule has 1 fully saturated rings. The minimum atomic E-state index is -0.0442. The van der Waals surface area contributed by atoms with E-state index in [9.17, 15) is 4.79 Å². The van der Waals surface area contributed by atoms with Gasteiger partial charge in [0.05, 0.1) is 13.1 Å². The zero-order chi connectivity index (χ0) is 14.5. The van der Waals surface area contributed by atoms with Gasteiger partial charge in [0.15, 0.2) is 0 Å². The van der Waals surface area contributed by atoms with Crippen LogP contribution in [0.25, 0.3) is 0 Å². The number of amides is 1. The Labute approximate surface area is 126 Å². The third-order valence-corrected chi connectivity index (χ3v) is 4.17. The summed E-state index contributed by atoms with van der Waals surface area (Å²) in [6, 6.07) is 0.320. The van der Waals surface area contributed by atoms with Crippen LogP contribution in [0.5, 0.6) is 0 Å². The summed E-state index contributed by atoms with van der Waals surface area (Å²) in [5.74, 6) is -0.0442. The maximum atomic E-state index is 12.1. The molecule has 3 rings (SSSR count). The van der Waals surface area contributed by atoms with E-state index in [1.807, 2.05) is 4.68 Å². The number of nitrogens with zero attached hydrogens (tertiary/aromatic N) is 6. The molecule has 0 spiro atoms. The van der Waals surface area contributed by atoms with Crippen LogP contribution in [0, 0.1) is 0 Å². The Balaban J connectivity index is 1.57. The van der Waals surface area contributed by atoms with Crippen molar-refractivity contribution in [2.45, 2.75) is 31.8 Å². The van der Waals surface area contributed by atoms with Gasteiger partial charge >= 0.3 is 0 Å². The lowest BCUT2D eigenvalue weighted by Gasteiger charge is -2.34. The van der Waals surface area contributed by atoms with Crippen LogP contribution in [0.3, 0.4) is 0 Å². The monoisotopic (exact) mass is 307 g/mol. The molecule has 1 aliphatic heterocycles. The van der Waals surface area contributed by atoms with Crippen LogP contribution in [0.4, 0.5) is 5.13 Å². The van der Waals surface area contributed by atoms with Crippen LogP contribution >= 0.6 is 11.3 Å². The van der Waals surface area contributed by atoms with Gasteiger partial charge in [-0.1, -0.05) is 17.8 Å². The number of piperidine rings is 1. The number of carbonyl (C=O) groups excluding carboxylic acids is 1. The van der Waals surface area contributed by atoms with Crippen molar-refractivity contribution in [3.05, 3.63) is 18.2 Å². The van der Waals surface area contributed by atoms with E-state index in [0.717, 1.165) is 25.9 Å². The number of hydrogen-bond acceptors (Lipinski definition) is 7. The summed E-state index contributed by atoms with van der Waals surface area (Å²) in [7, 11) is 0. The summed E-state index contributed by atoms with van der Waals surface area (Å²) < 4.78 is 1.83. The Hall–Kier alpha value is -1.87. The number of aromatic nitrogens is 5. The summed E-state index contributed by atoms with van der Waals surface area (Å²) >= 11 is 1.32. The second-order valence-corrected chi connectivity index (χ2v) is 5.86. The van der Waals surface area contributed by atoms with Gasteiger partial charge in [-0.15, -0.1) is 10.2 Å². The van der Waals surface area contributed by atoms with E-state index in [2.05, 4.69) is 30.5 Å². The van der Waals surface area contributed by atoms with Gasteiger partial charge in [-0.2, -0.15) is 5.10 Å². The fraction of sp³-hybridized carbons (Fsp3) is 0.583. The highest BCUT2D eigenvalue weighted by atomic mass is 32.1. The minimum Gasteiger partial charge on any atom is -0.299 e. The standard InChI is InChI=1S/C12H17N7OS/c20-11(16-12-17-14-9-21-12)6-18-4-2-1-3-10(18)5-19-8-13-7-15-19/h7-10H,1-6H2,(H,16,17,20). The van der Waals surface area contributed by atoms with E-state index in [1.165, 1.54) is 24.1 Å². The molecule has 0 aromatic carbocycles. The van der Waals surface area contributed by atoms with Gasteiger partial charge in [-0.05, 0) is 19.4 Å². The lowest BCUT2D eigenvalue weighted by atomic mass is 10.0. The van der Waals surface area contributed by atoms with E-state index in [-0.39, 0.29) is 5.91 Å². The van der Waals surface area contributed by atoms with Crippen molar-refractivity contribution < 1.29 is 4.79 Å². The van der Waals surface area contributed by atoms with Gasteiger partial charge in [-0.25, -0.2) is 4.98 Å². The topological polar surface area (TPSA) is 88.8 Å². The minimum absolute atomic E-state index is 0.0442. The SMILES string of the molecule is O=C(CN1CCCCC1Cn1cncn1)Nc1nncs1. The predicted octanol–water partition coefficient (Wildman–Crippen LogP) is 0.623. The number of anilines is 1. The van der Waals surface area contributed by atoms with Crippen LogP contribution in [0.1, 0.15) is 19.3 Å². The Morgan fingerprint density at radius 3 is 3.19 bits per heavy atom. The Kier molecular flexibility index (Phi) is 4.51. The van der Waals surface area contributed by atoms with Gasteiger partial charge in [0.25, 0.3) is 0 Å². The summed E-state index contributed by atoms with van der Waals surface area (Å²) in [4.78, 5) is 18.3. The average Bonchev–Trinajstić information content (AvgIpc) is 3.14. The first-order valence-corrected chi connectivity index (χ1v) is 7.82. The number of hydrogen-bond donors (Lipinski definition) is 1. The first-order valence-electron chi connectivity index (χ1n) is 6.94. The van der Waals surface area contributed by atoms with Crippen molar-refractivity contribution in [2.75, 3.05) is 18.4 Å². The molecule has 21 heavy (non-hydrogen) atoms. The van der Waals surface area contributed by atoms with Gasteiger partial charge in [0, 0.05) is 6.04 Å². The summed E-state index contributed by atoms with van der Waals surface area (Å²) in [5, 5.41) is 15.0. The smallest absolute Gasteiger partial charge is 0.240 e. The highest BCUT2D eigenvalue weighted by Gasteiger charge is 2.25. The lowest BCUT2D eigenvalue weighted by Crippen LogP contribution is -2.46. The van der Waals surface area contributed by atoms with E-state index < -0.39 is 0 Å². The molecule has 0 radical (unpaired) electrons. The molecule has 1 atom stereocenters. The van der Waals surface area contributed by atoms with Gasteiger partial charge in [0.2, 0.25) is 11.0 Å². The number of nitrogens with one attached hydrogen (secondary N) is 1. The summed E-state index contributed by atoms with van der Waals surface area (Å²) in [5.41, 5.74) is 1.60. The summed E-state index contributed by atoms with van der Waals surface area (Å²) in [6.45, 7) is 2.08. The van der Waals surface area contributed by atoms with Crippen molar-refractivity contribution >= 4 is 22.4 Å². The molecule has 1 N–H and O–H groups in total. The van der Waals surface area contributed by atoms with Crippen LogP contribution < -0.4 is 5.32 Å². The third kappa shape index (κ3) is 3.82. The fourth-order valence-corrected chi connectivity index (χ4v) is 3.05. The van der Waals surface area contributed by atoms with E-state index in [4.69, 9.17) is 0 Å². The van der Waals surface area contributed by atoms with Crippen molar-refractivity contribution in [1.82, 2.24) is 29.9 Å². The number of rotatable bonds is 5. The number of likely N-dealkylation sites (tertiary alicyclic amines) is 1. The molecule has 2 aromatic rings. The van der Waals surface area contributed by atoms with Crippen molar-refractivity contribution in [1.29, 1.82) is 0 Å². The molecule has 0 aliphatic carbocycles. The molecule has 1 saturated heterocycles. The quantitative estimate of drug-likeness (QED) is 0.871. The van der Waals surface area contributed by atoms with Crippen molar-refractivity contribution in [3.63, 3.8) is 0 Å². The van der Waals surface area contributed by atoms with Gasteiger partial charge in [-0.3, -0.25) is 19.7 Å². The average molecular weight is 307 g/mol. The lowest BCUT2D eigenvalue weighted by molar-refractivity contribution is -0.118. The first-order chi connectivity index (χ1) is 10.3. The zero-order valence-corrected chi connectivity index (χ0v) is 12.4. The summed E-state index contributed by atoms with van der Waals surface area (Å²) in [6.07, 6.45) is 6.64. The molecule has 0 saturated carbocycles. The molecule has 8 nitrogen and oxygen atoms in total. The van der Waals surface area contributed by atoms with Gasteiger partial charge in [0.1, 0.15) is 18.2 Å². The second kappa shape index (κ2) is 6.72. The highest BCUT2D eigenvalue weighted by Crippen LogP contribution is 2.18. The maximum Gasteiger partial charge on any atom is 0.240 e. The largest absolute Gasteiger partial charge is 0.299 e. The molecule has 1 unspecified atom stereocenters. The fourth-order valence-electron chi connectivity index (χ4n) is 2.59. The molecule has 1 aliphatic rings. The predicted molar refractivity (Wildman–Crippen MR) is 77.8 cm³/mol. The third-order valence-electron chi connectivity index (χ3n) is 3.57. The molecule has 0 bridgehead atoms. The Morgan fingerprint density at radius 2 is 2.43 bits per heavy atom. The highest BCUT2D eigenvalue weighted by molar-refractivity contribution is 7.13. The first kappa shape index (κ1) is 14.1. The molecule has 1 amide bonds. The molecule has 112 valence electrons. The number of carbonyl (C=O) groups is 1. The van der Waals surface area contributed by atoms with Gasteiger partial charge < -0.3 is 0 Å². The van der Waals surface area contributed by atoms with E-state index in [1.54, 1.807) is 11.8 Å². The van der Waals surface area contributed by atoms with Crippen LogP contribution in [-0.2, 0) is 11.3 Å². The molecule has 2 aromatic heterocycles. The normalized spacial score (nSPS) is 19.5. The Bertz CT molecular complexity index is 556. The zero-order valence-electron chi connectivity index (χ0n) is 11.6. The molecule has 3 heterocycles. The second-order valence-electron chi connectivity index (χ2n) is 5.03. The van der Waals surface area contributed by atoms with Crippen LogP contribution in [0.15, 0.2) is 18.2 Å². The maximum absolute atomic E-state index is 12.1.